The van der Waals surface area contributed by atoms with Gasteiger partial charge in [0.1, 0.15) is 12.7 Å². The molecule has 1 aromatic carbocycles. The van der Waals surface area contributed by atoms with E-state index in [1.807, 2.05) is 0 Å². The first kappa shape index (κ1) is 15.1. The molecule has 10 heteroatoms. The number of sulfonamides is 1. The molecule has 1 aliphatic heterocycles. The summed E-state index contributed by atoms with van der Waals surface area (Å²) in [5, 5.41) is 4.02. The molecule has 9 nitrogen and oxygen atoms in total. The lowest BCUT2D eigenvalue weighted by Crippen LogP contribution is -2.51. The average Bonchev–Trinajstić information content (AvgIpc) is 3.11. The number of hydrogen-bond acceptors (Lipinski definition) is 6. The topological polar surface area (TPSA) is 103 Å². The Labute approximate surface area is 137 Å². The first-order valence-corrected chi connectivity index (χ1v) is 8.81. The standard InChI is InChI=1S/C14H15N5O4S/c1-17-12-4-11(2-3-13(12)23-14(17)20)24(21,22)19-6-10(7-19)5-18-9-15-8-16-18/h2-4,8-10H,5-7H2,1H3. The highest BCUT2D eigenvalue weighted by atomic mass is 32.2. The van der Waals surface area contributed by atoms with Gasteiger partial charge in [-0.1, -0.05) is 0 Å². The van der Waals surface area contributed by atoms with Gasteiger partial charge in [-0.2, -0.15) is 9.40 Å². The minimum Gasteiger partial charge on any atom is -0.408 e. The largest absolute Gasteiger partial charge is 0.419 e. The predicted octanol–water partition coefficient (Wildman–Crippen LogP) is 0.0437. The van der Waals surface area contributed by atoms with E-state index in [9.17, 15) is 13.2 Å². The number of rotatable bonds is 4. The average molecular weight is 349 g/mol. The van der Waals surface area contributed by atoms with Crippen LogP contribution < -0.4 is 5.76 Å². The van der Waals surface area contributed by atoms with Crippen molar-refractivity contribution < 1.29 is 12.8 Å². The fourth-order valence-corrected chi connectivity index (χ4v) is 4.45. The van der Waals surface area contributed by atoms with Gasteiger partial charge in [-0.3, -0.25) is 9.25 Å². The minimum atomic E-state index is -3.58. The van der Waals surface area contributed by atoms with E-state index in [-0.39, 0.29) is 10.8 Å². The van der Waals surface area contributed by atoms with E-state index in [2.05, 4.69) is 10.1 Å². The molecule has 0 radical (unpaired) electrons. The van der Waals surface area contributed by atoms with Crippen LogP contribution in [0.1, 0.15) is 0 Å². The van der Waals surface area contributed by atoms with Crippen molar-refractivity contribution in [3.63, 3.8) is 0 Å². The fraction of sp³-hybridized carbons (Fsp3) is 0.357. The summed E-state index contributed by atoms with van der Waals surface area (Å²) in [6.45, 7) is 1.51. The molecule has 4 rings (SSSR count). The maximum Gasteiger partial charge on any atom is 0.419 e. The molecule has 126 valence electrons. The molecule has 0 unspecified atom stereocenters. The molecule has 1 aliphatic rings. The fourth-order valence-electron chi connectivity index (χ4n) is 2.84. The third kappa shape index (κ3) is 2.34. The number of fused-ring (bicyclic) bond motifs is 1. The van der Waals surface area contributed by atoms with Crippen LogP contribution in [-0.2, 0) is 23.6 Å². The zero-order valence-corrected chi connectivity index (χ0v) is 13.7. The summed E-state index contributed by atoms with van der Waals surface area (Å²) < 4.78 is 34.8. The van der Waals surface area contributed by atoms with Gasteiger partial charge in [0, 0.05) is 32.6 Å². The number of oxazole rings is 1. The Morgan fingerprint density at radius 3 is 2.83 bits per heavy atom. The molecule has 0 saturated carbocycles. The Morgan fingerprint density at radius 1 is 1.33 bits per heavy atom. The van der Waals surface area contributed by atoms with Gasteiger partial charge in [-0.05, 0) is 18.2 Å². The second kappa shape index (κ2) is 5.28. The maximum atomic E-state index is 12.7. The van der Waals surface area contributed by atoms with E-state index in [1.165, 1.54) is 33.4 Å². The molecule has 0 aliphatic carbocycles. The number of aryl methyl sites for hydroxylation is 1. The van der Waals surface area contributed by atoms with Gasteiger partial charge >= 0.3 is 5.76 Å². The van der Waals surface area contributed by atoms with Crippen LogP contribution in [0, 0.1) is 5.92 Å². The Bertz CT molecular complexity index is 1040. The summed E-state index contributed by atoms with van der Waals surface area (Å²) >= 11 is 0. The van der Waals surface area contributed by atoms with E-state index in [0.717, 1.165) is 0 Å². The van der Waals surface area contributed by atoms with Crippen molar-refractivity contribution in [2.24, 2.45) is 13.0 Å². The van der Waals surface area contributed by atoms with Crippen LogP contribution in [0.2, 0.25) is 0 Å². The van der Waals surface area contributed by atoms with E-state index in [4.69, 9.17) is 4.42 Å². The smallest absolute Gasteiger partial charge is 0.408 e. The Kier molecular flexibility index (Phi) is 3.32. The lowest BCUT2D eigenvalue weighted by molar-refractivity contribution is 0.175. The first-order valence-electron chi connectivity index (χ1n) is 7.37. The highest BCUT2D eigenvalue weighted by Crippen LogP contribution is 2.27. The molecule has 24 heavy (non-hydrogen) atoms. The van der Waals surface area contributed by atoms with Crippen LogP contribution in [0.4, 0.5) is 0 Å². The van der Waals surface area contributed by atoms with Crippen LogP contribution >= 0.6 is 0 Å². The van der Waals surface area contributed by atoms with Crippen molar-refractivity contribution in [2.75, 3.05) is 13.1 Å². The zero-order valence-electron chi connectivity index (χ0n) is 12.9. The van der Waals surface area contributed by atoms with Gasteiger partial charge in [0.05, 0.1) is 10.4 Å². The maximum absolute atomic E-state index is 12.7. The quantitative estimate of drug-likeness (QED) is 0.659. The summed E-state index contributed by atoms with van der Waals surface area (Å²) in [4.78, 5) is 15.5. The van der Waals surface area contributed by atoms with Crippen molar-refractivity contribution in [1.82, 2.24) is 23.6 Å². The van der Waals surface area contributed by atoms with Crippen molar-refractivity contribution >= 4 is 21.1 Å². The summed E-state index contributed by atoms with van der Waals surface area (Å²) in [5.74, 6) is -0.306. The SMILES string of the molecule is Cn1c(=O)oc2ccc(S(=O)(=O)N3CC(Cn4cncn4)C3)cc21. The molecule has 3 heterocycles. The highest BCUT2D eigenvalue weighted by Gasteiger charge is 2.37. The van der Waals surface area contributed by atoms with Crippen molar-refractivity contribution in [1.29, 1.82) is 0 Å². The molecule has 0 atom stereocenters. The van der Waals surface area contributed by atoms with Crippen LogP contribution in [-0.4, -0.2) is 45.1 Å². The normalized spacial score (nSPS) is 16.5. The second-order valence-electron chi connectivity index (χ2n) is 5.86. The van der Waals surface area contributed by atoms with Crippen molar-refractivity contribution in [3.05, 3.63) is 41.4 Å². The molecule has 0 spiro atoms. The molecule has 2 aromatic heterocycles. The molecular formula is C14H15N5O4S. The van der Waals surface area contributed by atoms with Crippen molar-refractivity contribution in [2.45, 2.75) is 11.4 Å². The minimum absolute atomic E-state index is 0.158. The second-order valence-corrected chi connectivity index (χ2v) is 7.80. The summed E-state index contributed by atoms with van der Waals surface area (Å²) in [6, 6.07) is 4.45. The summed E-state index contributed by atoms with van der Waals surface area (Å²) in [7, 11) is -2.04. The van der Waals surface area contributed by atoms with Gasteiger partial charge in [0.2, 0.25) is 10.0 Å². The first-order chi connectivity index (χ1) is 11.4. The summed E-state index contributed by atoms with van der Waals surface area (Å²) in [5.41, 5.74) is 0.829. The number of hydrogen-bond donors (Lipinski definition) is 0. The molecule has 1 saturated heterocycles. The molecule has 0 N–H and O–H groups in total. The Morgan fingerprint density at radius 2 is 2.12 bits per heavy atom. The summed E-state index contributed by atoms with van der Waals surface area (Å²) in [6.07, 6.45) is 3.07. The van der Waals surface area contributed by atoms with Crippen LogP contribution in [0.3, 0.4) is 0 Å². The predicted molar refractivity (Wildman–Crippen MR) is 83.7 cm³/mol. The molecule has 3 aromatic rings. The number of benzene rings is 1. The Balaban J connectivity index is 1.55. The van der Waals surface area contributed by atoms with Gasteiger partial charge in [0.15, 0.2) is 5.58 Å². The van der Waals surface area contributed by atoms with E-state index < -0.39 is 15.8 Å². The van der Waals surface area contributed by atoms with E-state index >= 15 is 0 Å². The zero-order chi connectivity index (χ0) is 16.9. The van der Waals surface area contributed by atoms with Crippen LogP contribution in [0.15, 0.2) is 45.0 Å². The number of nitrogens with zero attached hydrogens (tertiary/aromatic N) is 5. The number of aromatic nitrogens is 4. The van der Waals surface area contributed by atoms with E-state index in [0.29, 0.717) is 30.7 Å². The van der Waals surface area contributed by atoms with E-state index in [1.54, 1.807) is 18.1 Å². The molecule has 0 amide bonds. The van der Waals surface area contributed by atoms with Gasteiger partial charge in [-0.25, -0.2) is 18.2 Å². The van der Waals surface area contributed by atoms with Gasteiger partial charge in [-0.15, -0.1) is 0 Å². The van der Waals surface area contributed by atoms with Crippen molar-refractivity contribution in [3.8, 4) is 0 Å². The monoisotopic (exact) mass is 349 g/mol. The molecular weight excluding hydrogens is 334 g/mol. The lowest BCUT2D eigenvalue weighted by Gasteiger charge is -2.37. The lowest BCUT2D eigenvalue weighted by atomic mass is 10.0. The van der Waals surface area contributed by atoms with Gasteiger partial charge < -0.3 is 4.42 Å². The van der Waals surface area contributed by atoms with Gasteiger partial charge in [0.25, 0.3) is 0 Å². The van der Waals surface area contributed by atoms with Crippen LogP contribution in [0.5, 0.6) is 0 Å². The third-order valence-electron chi connectivity index (χ3n) is 4.24. The Hall–Kier alpha value is -2.46. The molecule has 0 bridgehead atoms. The molecule has 1 fully saturated rings. The highest BCUT2D eigenvalue weighted by molar-refractivity contribution is 7.89. The third-order valence-corrected chi connectivity index (χ3v) is 6.06. The van der Waals surface area contributed by atoms with Crippen LogP contribution in [0.25, 0.3) is 11.1 Å².